The van der Waals surface area contributed by atoms with Crippen molar-refractivity contribution in [2.24, 2.45) is 0 Å². The highest BCUT2D eigenvalue weighted by Crippen LogP contribution is 2.18. The van der Waals surface area contributed by atoms with E-state index in [9.17, 15) is 9.59 Å². The summed E-state index contributed by atoms with van der Waals surface area (Å²) < 4.78 is 0. The van der Waals surface area contributed by atoms with Gasteiger partial charge in [0.15, 0.2) is 0 Å². The molecule has 0 fully saturated rings. The first kappa shape index (κ1) is 19.1. The average molecular weight is 365 g/mol. The molecule has 27 heavy (non-hydrogen) atoms. The van der Waals surface area contributed by atoms with Crippen molar-refractivity contribution < 1.29 is 9.59 Å². The Labute approximate surface area is 160 Å². The van der Waals surface area contributed by atoms with Gasteiger partial charge in [0.2, 0.25) is 11.8 Å². The van der Waals surface area contributed by atoms with Crippen LogP contribution in [0.2, 0.25) is 0 Å². The minimum absolute atomic E-state index is 0.151. The molecule has 5 heteroatoms. The van der Waals surface area contributed by atoms with Crippen LogP contribution in [0.3, 0.4) is 0 Å². The van der Waals surface area contributed by atoms with E-state index in [0.717, 1.165) is 5.69 Å². The minimum atomic E-state index is -0.610. The SMILES string of the molecule is CC(C)c1ccc(NC(=O)[C@@H](C)NC(=O)[C@@H]2Cc3ccccc3CN2)cc1. The van der Waals surface area contributed by atoms with Crippen molar-refractivity contribution in [3.63, 3.8) is 0 Å². The van der Waals surface area contributed by atoms with Crippen LogP contribution < -0.4 is 16.0 Å². The van der Waals surface area contributed by atoms with Crippen molar-refractivity contribution in [1.29, 1.82) is 0 Å². The molecule has 3 N–H and O–H groups in total. The molecule has 0 spiro atoms. The molecule has 2 aromatic carbocycles. The molecule has 3 rings (SSSR count). The van der Waals surface area contributed by atoms with Gasteiger partial charge in [-0.25, -0.2) is 0 Å². The Morgan fingerprint density at radius 3 is 2.33 bits per heavy atom. The highest BCUT2D eigenvalue weighted by molar-refractivity contribution is 5.97. The zero-order valence-electron chi connectivity index (χ0n) is 16.1. The molecule has 1 aliphatic heterocycles. The smallest absolute Gasteiger partial charge is 0.246 e. The van der Waals surface area contributed by atoms with Crippen molar-refractivity contribution in [3.8, 4) is 0 Å². The van der Waals surface area contributed by atoms with Gasteiger partial charge in [-0.3, -0.25) is 9.59 Å². The van der Waals surface area contributed by atoms with Crippen LogP contribution in [0.4, 0.5) is 5.69 Å². The first-order valence-corrected chi connectivity index (χ1v) is 9.45. The van der Waals surface area contributed by atoms with Crippen molar-refractivity contribution in [2.45, 2.75) is 51.7 Å². The third kappa shape index (κ3) is 4.74. The topological polar surface area (TPSA) is 70.2 Å². The maximum atomic E-state index is 12.5. The quantitative estimate of drug-likeness (QED) is 0.763. The molecule has 2 amide bonds. The van der Waals surface area contributed by atoms with Gasteiger partial charge in [-0.05, 0) is 48.1 Å². The van der Waals surface area contributed by atoms with Crippen molar-refractivity contribution in [1.82, 2.24) is 10.6 Å². The molecule has 1 aliphatic rings. The number of carbonyl (C=O) groups is 2. The van der Waals surface area contributed by atoms with Gasteiger partial charge in [0.1, 0.15) is 6.04 Å². The fourth-order valence-corrected chi connectivity index (χ4v) is 3.22. The third-order valence-electron chi connectivity index (χ3n) is 4.99. The molecule has 142 valence electrons. The summed E-state index contributed by atoms with van der Waals surface area (Å²) in [4.78, 5) is 24.9. The number of amides is 2. The number of hydrogen-bond donors (Lipinski definition) is 3. The molecule has 2 aromatic rings. The first-order chi connectivity index (χ1) is 12.9. The molecular weight excluding hydrogens is 338 g/mol. The Bertz CT molecular complexity index is 815. The second-order valence-electron chi connectivity index (χ2n) is 7.40. The number of rotatable bonds is 5. The summed E-state index contributed by atoms with van der Waals surface area (Å²) in [6.45, 7) is 6.62. The van der Waals surface area contributed by atoms with Gasteiger partial charge in [0.25, 0.3) is 0 Å². The summed E-state index contributed by atoms with van der Waals surface area (Å²) in [7, 11) is 0. The highest BCUT2D eigenvalue weighted by Gasteiger charge is 2.26. The monoisotopic (exact) mass is 365 g/mol. The molecular formula is C22H27N3O2. The molecule has 0 radical (unpaired) electrons. The normalized spacial score (nSPS) is 17.1. The van der Waals surface area contributed by atoms with Crippen LogP contribution in [0.15, 0.2) is 48.5 Å². The van der Waals surface area contributed by atoms with E-state index < -0.39 is 6.04 Å². The van der Waals surface area contributed by atoms with Crippen LogP contribution in [0, 0.1) is 0 Å². The van der Waals surface area contributed by atoms with Gasteiger partial charge in [-0.2, -0.15) is 0 Å². The van der Waals surface area contributed by atoms with Crippen molar-refractivity contribution >= 4 is 17.5 Å². The van der Waals surface area contributed by atoms with E-state index in [1.807, 2.05) is 42.5 Å². The zero-order chi connectivity index (χ0) is 19.4. The third-order valence-corrected chi connectivity index (χ3v) is 4.99. The second kappa shape index (κ2) is 8.35. The van der Waals surface area contributed by atoms with E-state index in [2.05, 4.69) is 35.9 Å². The summed E-state index contributed by atoms with van der Waals surface area (Å²) in [5.74, 6) is 0.0697. The van der Waals surface area contributed by atoms with Crippen LogP contribution in [-0.2, 0) is 22.6 Å². The van der Waals surface area contributed by atoms with E-state index in [1.165, 1.54) is 16.7 Å². The Kier molecular flexibility index (Phi) is 5.91. The van der Waals surface area contributed by atoms with Gasteiger partial charge >= 0.3 is 0 Å². The summed E-state index contributed by atoms with van der Waals surface area (Å²) >= 11 is 0. The fraction of sp³-hybridized carbons (Fsp3) is 0.364. The van der Waals surface area contributed by atoms with Gasteiger partial charge in [0, 0.05) is 12.2 Å². The van der Waals surface area contributed by atoms with Gasteiger partial charge < -0.3 is 16.0 Å². The van der Waals surface area contributed by atoms with Gasteiger partial charge in [0.05, 0.1) is 6.04 Å². The standard InChI is InChI=1S/C22H27N3O2/c1-14(2)16-8-10-19(11-9-16)25-21(26)15(3)24-22(27)20-12-17-6-4-5-7-18(17)13-23-20/h4-11,14-15,20,23H,12-13H2,1-3H3,(H,24,27)(H,25,26)/t15-,20+/m1/s1. The predicted octanol–water partition coefficient (Wildman–Crippen LogP) is 2.97. The largest absolute Gasteiger partial charge is 0.343 e. The lowest BCUT2D eigenvalue weighted by molar-refractivity contribution is -0.127. The van der Waals surface area contributed by atoms with Crippen molar-refractivity contribution in [2.75, 3.05) is 5.32 Å². The molecule has 0 saturated heterocycles. The van der Waals surface area contributed by atoms with E-state index in [4.69, 9.17) is 0 Å². The number of benzene rings is 2. The molecule has 2 atom stereocenters. The maximum Gasteiger partial charge on any atom is 0.246 e. The van der Waals surface area contributed by atoms with Crippen LogP contribution in [0.5, 0.6) is 0 Å². The number of fused-ring (bicyclic) bond motifs is 1. The molecule has 0 bridgehead atoms. The zero-order valence-corrected chi connectivity index (χ0v) is 16.1. The fourth-order valence-electron chi connectivity index (χ4n) is 3.22. The van der Waals surface area contributed by atoms with Crippen LogP contribution in [-0.4, -0.2) is 23.9 Å². The predicted molar refractivity (Wildman–Crippen MR) is 108 cm³/mol. The number of hydrogen-bond acceptors (Lipinski definition) is 3. The molecule has 0 saturated carbocycles. The summed E-state index contributed by atoms with van der Waals surface area (Å²) in [5.41, 5.74) is 4.35. The molecule has 0 aliphatic carbocycles. The Hall–Kier alpha value is -2.66. The van der Waals surface area contributed by atoms with E-state index in [0.29, 0.717) is 18.9 Å². The van der Waals surface area contributed by atoms with E-state index in [-0.39, 0.29) is 17.9 Å². The van der Waals surface area contributed by atoms with Crippen molar-refractivity contribution in [3.05, 3.63) is 65.2 Å². The lowest BCUT2D eigenvalue weighted by Crippen LogP contribution is -2.52. The summed E-state index contributed by atoms with van der Waals surface area (Å²) in [6.07, 6.45) is 0.632. The summed E-state index contributed by atoms with van der Waals surface area (Å²) in [6, 6.07) is 15.0. The van der Waals surface area contributed by atoms with Crippen LogP contribution >= 0.6 is 0 Å². The second-order valence-corrected chi connectivity index (χ2v) is 7.40. The lowest BCUT2D eigenvalue weighted by Gasteiger charge is -2.26. The van der Waals surface area contributed by atoms with E-state index >= 15 is 0 Å². The Morgan fingerprint density at radius 1 is 1.00 bits per heavy atom. The lowest BCUT2D eigenvalue weighted by atomic mass is 9.95. The number of nitrogens with one attached hydrogen (secondary N) is 3. The highest BCUT2D eigenvalue weighted by atomic mass is 16.2. The van der Waals surface area contributed by atoms with Gasteiger partial charge in [-0.15, -0.1) is 0 Å². The van der Waals surface area contributed by atoms with Gasteiger partial charge in [-0.1, -0.05) is 50.2 Å². The molecule has 0 unspecified atom stereocenters. The minimum Gasteiger partial charge on any atom is -0.343 e. The van der Waals surface area contributed by atoms with Crippen LogP contribution in [0.1, 0.15) is 43.4 Å². The average Bonchev–Trinajstić information content (AvgIpc) is 2.67. The van der Waals surface area contributed by atoms with Crippen LogP contribution in [0.25, 0.3) is 0 Å². The molecule has 0 aromatic heterocycles. The van der Waals surface area contributed by atoms with E-state index in [1.54, 1.807) is 6.92 Å². The summed E-state index contributed by atoms with van der Waals surface area (Å²) in [5, 5.41) is 8.92. The molecule has 5 nitrogen and oxygen atoms in total. The Balaban J connectivity index is 1.54. The number of anilines is 1. The Morgan fingerprint density at radius 2 is 1.67 bits per heavy atom. The maximum absolute atomic E-state index is 12.5. The first-order valence-electron chi connectivity index (χ1n) is 9.45. The molecule has 1 heterocycles. The number of carbonyl (C=O) groups excluding carboxylic acids is 2.